The van der Waals surface area contributed by atoms with E-state index in [9.17, 15) is 14.7 Å². The van der Waals surface area contributed by atoms with E-state index in [0.29, 0.717) is 38.6 Å². The average molecular weight is 451 g/mol. The van der Waals surface area contributed by atoms with Gasteiger partial charge in [-0.3, -0.25) is 19.1 Å². The molecule has 0 amide bonds. The molecule has 31 heavy (non-hydrogen) atoms. The van der Waals surface area contributed by atoms with Crippen molar-refractivity contribution in [1.29, 1.82) is 0 Å². The van der Waals surface area contributed by atoms with Crippen molar-refractivity contribution in [3.63, 3.8) is 0 Å². The molecule has 0 saturated carbocycles. The summed E-state index contributed by atoms with van der Waals surface area (Å²) in [6, 6.07) is 14.5. The van der Waals surface area contributed by atoms with Gasteiger partial charge in [0.2, 0.25) is 5.88 Å². The largest absolute Gasteiger partial charge is 0.493 e. The fourth-order valence-corrected chi connectivity index (χ4v) is 4.65. The molecule has 4 rings (SSSR count). The molecule has 156 valence electrons. The van der Waals surface area contributed by atoms with Gasteiger partial charge in [0, 0.05) is 41.4 Å². The zero-order valence-electron chi connectivity index (χ0n) is 16.3. The number of thiazole rings is 1. The highest BCUT2D eigenvalue weighted by Crippen LogP contribution is 2.37. The molecule has 1 aliphatic heterocycles. The number of carbonyl (C=O) groups is 2. The van der Waals surface area contributed by atoms with Crippen molar-refractivity contribution in [3.8, 4) is 5.88 Å². The Balaban J connectivity index is 1.59. The van der Waals surface area contributed by atoms with E-state index < -0.39 is 5.97 Å². The second-order valence-corrected chi connectivity index (χ2v) is 8.67. The van der Waals surface area contributed by atoms with Crippen molar-refractivity contribution < 1.29 is 19.8 Å². The van der Waals surface area contributed by atoms with Crippen LogP contribution in [0.3, 0.4) is 0 Å². The molecule has 0 atom stereocenters. The van der Waals surface area contributed by atoms with Crippen LogP contribution in [0, 0.1) is 3.95 Å². The number of rotatable bonds is 7. The fourth-order valence-electron chi connectivity index (χ4n) is 3.34. The normalized spacial score (nSPS) is 13.5. The number of carboxylic acid groups (broad SMARTS) is 1. The number of hydrogen-bond donors (Lipinski definition) is 2. The third kappa shape index (κ3) is 4.40. The standard InChI is InChI=1S/C23H18N2O4S2/c26-20(27)7-4-10-25-22(29)19(31-23(25)30)12-16-13-24-18-11-15(8-9-17(16)18)21(28)14-5-2-1-3-6-14/h1-3,5-6,8-9,11-13,29H,4,7,10H2,(H,26,27)/b16-12-. The molecular weight excluding hydrogens is 432 g/mol. The van der Waals surface area contributed by atoms with E-state index >= 15 is 0 Å². The summed E-state index contributed by atoms with van der Waals surface area (Å²) in [6.45, 7) is 0.340. The van der Waals surface area contributed by atoms with Crippen LogP contribution in [0.25, 0.3) is 11.6 Å². The van der Waals surface area contributed by atoms with E-state index in [2.05, 4.69) is 4.99 Å². The summed E-state index contributed by atoms with van der Waals surface area (Å²) in [4.78, 5) is 28.4. The minimum Gasteiger partial charge on any atom is -0.493 e. The lowest BCUT2D eigenvalue weighted by molar-refractivity contribution is -0.137. The summed E-state index contributed by atoms with van der Waals surface area (Å²) in [6.07, 6.45) is 3.89. The summed E-state index contributed by atoms with van der Waals surface area (Å²) in [5, 5.41) is 19.3. The summed E-state index contributed by atoms with van der Waals surface area (Å²) in [7, 11) is 0. The molecule has 1 aliphatic rings. The second kappa shape index (κ2) is 8.79. The number of nitrogens with zero attached hydrogens (tertiary/aromatic N) is 2. The highest BCUT2D eigenvalue weighted by atomic mass is 32.1. The molecule has 0 aliphatic carbocycles. The number of hydrogen-bond acceptors (Lipinski definition) is 6. The molecule has 3 aromatic rings. The molecule has 0 fully saturated rings. The van der Waals surface area contributed by atoms with Gasteiger partial charge < -0.3 is 10.2 Å². The van der Waals surface area contributed by atoms with Gasteiger partial charge in [0.1, 0.15) is 0 Å². The van der Waals surface area contributed by atoms with Gasteiger partial charge in [-0.2, -0.15) is 0 Å². The zero-order valence-corrected chi connectivity index (χ0v) is 17.9. The van der Waals surface area contributed by atoms with Crippen molar-refractivity contribution >= 4 is 58.9 Å². The van der Waals surface area contributed by atoms with E-state index in [1.54, 1.807) is 41.1 Å². The van der Waals surface area contributed by atoms with Crippen LogP contribution in [-0.2, 0) is 11.3 Å². The van der Waals surface area contributed by atoms with Crippen molar-refractivity contribution in [2.24, 2.45) is 4.99 Å². The highest BCUT2D eigenvalue weighted by Gasteiger charge is 2.18. The fraction of sp³-hybridized carbons (Fsp3) is 0.130. The SMILES string of the molecule is O=C(O)CCCn1c(O)c(/C=C2/C=Nc3cc(C(=O)c4ccccc4)ccc32)sc1=S. The van der Waals surface area contributed by atoms with Crippen LogP contribution in [-0.4, -0.2) is 32.7 Å². The predicted octanol–water partition coefficient (Wildman–Crippen LogP) is 5.34. The zero-order chi connectivity index (χ0) is 22.0. The lowest BCUT2D eigenvalue weighted by Crippen LogP contribution is -2.01. The van der Waals surface area contributed by atoms with Crippen LogP contribution in [0.2, 0.25) is 0 Å². The van der Waals surface area contributed by atoms with Gasteiger partial charge in [-0.1, -0.05) is 42.5 Å². The van der Waals surface area contributed by atoms with Crippen LogP contribution >= 0.6 is 23.6 Å². The summed E-state index contributed by atoms with van der Waals surface area (Å²) in [5.41, 5.74) is 3.54. The van der Waals surface area contributed by atoms with Crippen molar-refractivity contribution in [2.45, 2.75) is 19.4 Å². The number of allylic oxidation sites excluding steroid dienone is 1. The smallest absolute Gasteiger partial charge is 0.303 e. The molecule has 2 aromatic carbocycles. The van der Waals surface area contributed by atoms with E-state index in [1.807, 2.05) is 24.3 Å². The first-order chi connectivity index (χ1) is 14.9. The number of aromatic nitrogens is 1. The van der Waals surface area contributed by atoms with Gasteiger partial charge in [-0.25, -0.2) is 0 Å². The summed E-state index contributed by atoms with van der Waals surface area (Å²) < 4.78 is 2.03. The monoisotopic (exact) mass is 450 g/mol. The van der Waals surface area contributed by atoms with Gasteiger partial charge in [0.25, 0.3) is 0 Å². The van der Waals surface area contributed by atoms with Crippen LogP contribution in [0.15, 0.2) is 53.5 Å². The molecule has 1 aromatic heterocycles. The predicted molar refractivity (Wildman–Crippen MR) is 124 cm³/mol. The first-order valence-electron chi connectivity index (χ1n) is 9.58. The highest BCUT2D eigenvalue weighted by molar-refractivity contribution is 7.73. The maximum absolute atomic E-state index is 12.7. The number of fused-ring (bicyclic) bond motifs is 1. The first kappa shape index (κ1) is 20.9. The van der Waals surface area contributed by atoms with Crippen LogP contribution in [0.5, 0.6) is 5.88 Å². The Hall–Kier alpha value is -3.36. The van der Waals surface area contributed by atoms with Crippen molar-refractivity contribution in [1.82, 2.24) is 4.57 Å². The molecule has 0 unspecified atom stereocenters. The third-order valence-corrected chi connectivity index (χ3v) is 6.29. The van der Waals surface area contributed by atoms with Crippen LogP contribution in [0.4, 0.5) is 5.69 Å². The Kier molecular flexibility index (Phi) is 5.92. The Morgan fingerprint density at radius 2 is 1.90 bits per heavy atom. The number of carbonyl (C=O) groups excluding carboxylic acids is 1. The van der Waals surface area contributed by atoms with Gasteiger partial charge in [0.15, 0.2) is 9.74 Å². The third-order valence-electron chi connectivity index (χ3n) is 4.90. The number of aliphatic carboxylic acids is 1. The number of aliphatic imine (C=N–C) groups is 1. The van der Waals surface area contributed by atoms with E-state index in [4.69, 9.17) is 17.3 Å². The average Bonchev–Trinajstić information content (AvgIpc) is 3.29. The quantitative estimate of drug-likeness (QED) is 0.375. The second-order valence-electron chi connectivity index (χ2n) is 6.99. The van der Waals surface area contributed by atoms with Gasteiger partial charge in [0.05, 0.1) is 10.6 Å². The molecule has 0 bridgehead atoms. The number of benzene rings is 2. The minimum atomic E-state index is -0.882. The van der Waals surface area contributed by atoms with Gasteiger partial charge in [-0.05, 0) is 30.8 Å². The van der Waals surface area contributed by atoms with E-state index in [1.165, 1.54) is 11.3 Å². The van der Waals surface area contributed by atoms with Crippen LogP contribution < -0.4 is 0 Å². The van der Waals surface area contributed by atoms with Gasteiger partial charge >= 0.3 is 5.97 Å². The first-order valence-corrected chi connectivity index (χ1v) is 10.8. The molecule has 0 radical (unpaired) electrons. The molecule has 6 nitrogen and oxygen atoms in total. The Bertz CT molecular complexity index is 1290. The Labute approximate surface area is 187 Å². The molecule has 0 saturated heterocycles. The topological polar surface area (TPSA) is 91.9 Å². The molecule has 0 spiro atoms. The molecule has 8 heteroatoms. The lowest BCUT2D eigenvalue weighted by atomic mass is 9.99. The maximum atomic E-state index is 12.7. The van der Waals surface area contributed by atoms with Gasteiger partial charge in [-0.15, -0.1) is 11.3 Å². The van der Waals surface area contributed by atoms with Crippen molar-refractivity contribution in [2.75, 3.05) is 0 Å². The van der Waals surface area contributed by atoms with Crippen LogP contribution in [0.1, 0.15) is 39.2 Å². The molecule has 2 N–H and O–H groups in total. The number of carboxylic acids is 1. The number of ketones is 1. The minimum absolute atomic E-state index is 0.0115. The lowest BCUT2D eigenvalue weighted by Gasteiger charge is -2.05. The summed E-state index contributed by atoms with van der Waals surface area (Å²) >= 11 is 6.58. The summed E-state index contributed by atoms with van der Waals surface area (Å²) in [5.74, 6) is -0.928. The Morgan fingerprint density at radius 3 is 2.65 bits per heavy atom. The maximum Gasteiger partial charge on any atom is 0.303 e. The van der Waals surface area contributed by atoms with E-state index in [0.717, 1.165) is 11.1 Å². The molecular formula is C23H18N2O4S2. The van der Waals surface area contributed by atoms with E-state index in [-0.39, 0.29) is 18.1 Å². The van der Waals surface area contributed by atoms with Crippen molar-refractivity contribution in [3.05, 3.63) is 74.1 Å². The Morgan fingerprint density at radius 1 is 1.13 bits per heavy atom. The number of aromatic hydroxyl groups is 1. The molecule has 2 heterocycles.